The number of carbonyl (C=O) groups is 1. The lowest BCUT2D eigenvalue weighted by atomic mass is 9.49. The van der Waals surface area contributed by atoms with Crippen molar-refractivity contribution < 1.29 is 9.90 Å². The molecule has 0 aromatic carbocycles. The van der Waals surface area contributed by atoms with Gasteiger partial charge < -0.3 is 10.1 Å². The lowest BCUT2D eigenvalue weighted by molar-refractivity contribution is -0.132. The van der Waals surface area contributed by atoms with Gasteiger partial charge in [0.05, 0.1) is 5.60 Å². The normalized spacial score (nSPS) is 46.6. The molecule has 1 aromatic heterocycles. The van der Waals surface area contributed by atoms with Crippen LogP contribution < -0.4 is 0 Å². The highest BCUT2D eigenvalue weighted by Gasteiger charge is 2.58. The van der Waals surface area contributed by atoms with Gasteiger partial charge >= 0.3 is 0 Å². The van der Waals surface area contributed by atoms with Crippen LogP contribution in [-0.4, -0.2) is 21.5 Å². The van der Waals surface area contributed by atoms with Crippen LogP contribution >= 0.6 is 0 Å². The van der Waals surface area contributed by atoms with Crippen LogP contribution in [0.15, 0.2) is 18.5 Å². The van der Waals surface area contributed by atoms with Gasteiger partial charge in [0.15, 0.2) is 0 Å². The maximum absolute atomic E-state index is 13.2. The smallest absolute Gasteiger partial charge is 0.136 e. The minimum Gasteiger partial charge on any atom is -0.390 e. The average molecular weight is 398 g/mol. The number of carbonyl (C=O) groups excluding carboxylic acids is 1. The maximum atomic E-state index is 13.2. The Morgan fingerprint density at radius 2 is 1.90 bits per heavy atom. The second-order valence-corrected chi connectivity index (χ2v) is 11.5. The van der Waals surface area contributed by atoms with Crippen LogP contribution in [0.1, 0.15) is 83.6 Å². The Morgan fingerprint density at radius 1 is 1.07 bits per heavy atom. The molecule has 3 nitrogen and oxygen atoms in total. The summed E-state index contributed by atoms with van der Waals surface area (Å²) >= 11 is 0. The molecule has 29 heavy (non-hydrogen) atoms. The van der Waals surface area contributed by atoms with E-state index in [4.69, 9.17) is 0 Å². The zero-order chi connectivity index (χ0) is 20.2. The minimum absolute atomic E-state index is 0.239. The molecule has 0 saturated heterocycles. The van der Waals surface area contributed by atoms with Crippen LogP contribution in [0.2, 0.25) is 0 Å². The largest absolute Gasteiger partial charge is 0.390 e. The third kappa shape index (κ3) is 3.42. The molecule has 8 atom stereocenters. The van der Waals surface area contributed by atoms with E-state index >= 15 is 0 Å². The predicted molar refractivity (Wildman–Crippen MR) is 115 cm³/mol. The molecule has 0 radical (unpaired) electrons. The van der Waals surface area contributed by atoms with E-state index in [1.54, 1.807) is 0 Å². The van der Waals surface area contributed by atoms with Crippen molar-refractivity contribution in [3.63, 3.8) is 0 Å². The molecule has 0 bridgehead atoms. The van der Waals surface area contributed by atoms with Gasteiger partial charge in [0.25, 0.3) is 0 Å². The first-order valence-electron chi connectivity index (χ1n) is 12.2. The number of Topliss-reactive ketones (excluding diaryl/α,β-unsaturated/α-hetero) is 1. The summed E-state index contributed by atoms with van der Waals surface area (Å²) in [6.45, 7) is 4.52. The van der Waals surface area contributed by atoms with Crippen LogP contribution in [0.25, 0.3) is 0 Å². The second-order valence-electron chi connectivity index (χ2n) is 11.5. The number of aromatic amines is 1. The van der Waals surface area contributed by atoms with E-state index in [2.05, 4.69) is 18.0 Å². The van der Waals surface area contributed by atoms with Crippen LogP contribution in [0, 0.1) is 40.9 Å². The standard InChI is InChI=1S/C26H39NO2/c1-25(29)12-9-19-18(15-25)4-5-21-20(19)10-13-26(2)22(21)6-7-23(26)24(28)8-3-17-11-14-27-16-17/h11,14,16,18-23,27,29H,3-10,12-13,15H2,1-2H3/t18-,19+,20-,21-,22+,23-,25-,26+/m1/s1. The van der Waals surface area contributed by atoms with Crippen molar-refractivity contribution >= 4 is 5.78 Å². The van der Waals surface area contributed by atoms with Gasteiger partial charge in [0.1, 0.15) is 5.78 Å². The van der Waals surface area contributed by atoms with Crippen molar-refractivity contribution in [2.75, 3.05) is 0 Å². The minimum atomic E-state index is -0.429. The third-order valence-corrected chi connectivity index (χ3v) is 9.95. The van der Waals surface area contributed by atoms with E-state index in [1.807, 2.05) is 19.3 Å². The molecule has 4 fully saturated rings. The molecule has 0 amide bonds. The molecular weight excluding hydrogens is 358 g/mol. The molecule has 4 aliphatic rings. The van der Waals surface area contributed by atoms with Gasteiger partial charge in [-0.2, -0.15) is 0 Å². The van der Waals surface area contributed by atoms with Gasteiger partial charge in [0, 0.05) is 24.7 Å². The fourth-order valence-corrected chi connectivity index (χ4v) is 8.57. The highest BCUT2D eigenvalue weighted by molar-refractivity contribution is 5.82. The van der Waals surface area contributed by atoms with E-state index in [1.165, 1.54) is 44.1 Å². The SMILES string of the molecule is C[C@@]1(O)CC[C@H]2[C@H](CC[C@@H]3[C@@H]2CC[C@]2(C)[C@@H](C(=O)CCc4cc[nH]c4)CC[C@@H]32)C1. The summed E-state index contributed by atoms with van der Waals surface area (Å²) in [5, 5.41) is 10.6. The summed E-state index contributed by atoms with van der Waals surface area (Å²) < 4.78 is 0. The number of H-pyrrole nitrogens is 1. The average Bonchev–Trinajstić information content (AvgIpc) is 3.32. The van der Waals surface area contributed by atoms with Crippen LogP contribution in [0.3, 0.4) is 0 Å². The lowest BCUT2D eigenvalue weighted by Crippen LogP contribution is -2.51. The van der Waals surface area contributed by atoms with Gasteiger partial charge in [-0.15, -0.1) is 0 Å². The van der Waals surface area contributed by atoms with Crippen molar-refractivity contribution in [3.05, 3.63) is 24.0 Å². The van der Waals surface area contributed by atoms with Gasteiger partial charge in [0.2, 0.25) is 0 Å². The first kappa shape index (κ1) is 19.8. The second kappa shape index (κ2) is 7.25. The molecular formula is C26H39NO2. The fourth-order valence-electron chi connectivity index (χ4n) is 8.57. The molecule has 160 valence electrons. The number of fused-ring (bicyclic) bond motifs is 5. The van der Waals surface area contributed by atoms with E-state index in [-0.39, 0.29) is 11.3 Å². The fraction of sp³-hybridized carbons (Fsp3) is 0.808. The highest BCUT2D eigenvalue weighted by Crippen LogP contribution is 2.64. The molecule has 3 heteroatoms. The predicted octanol–water partition coefficient (Wildman–Crippen LogP) is 5.54. The summed E-state index contributed by atoms with van der Waals surface area (Å²) in [7, 11) is 0. The van der Waals surface area contributed by atoms with E-state index < -0.39 is 5.60 Å². The number of aromatic nitrogens is 1. The highest BCUT2D eigenvalue weighted by atomic mass is 16.3. The summed E-state index contributed by atoms with van der Waals surface area (Å²) in [5.41, 5.74) is 1.07. The monoisotopic (exact) mass is 397 g/mol. The Kier molecular flexibility index (Phi) is 4.96. The quantitative estimate of drug-likeness (QED) is 0.701. The molecule has 1 aromatic rings. The Morgan fingerprint density at radius 3 is 2.69 bits per heavy atom. The number of ketones is 1. The molecule has 5 rings (SSSR count). The number of aliphatic hydroxyl groups is 1. The zero-order valence-corrected chi connectivity index (χ0v) is 18.3. The Hall–Kier alpha value is -1.09. The Balaban J connectivity index is 1.28. The number of aryl methyl sites for hydroxylation is 1. The lowest BCUT2D eigenvalue weighted by Gasteiger charge is -2.56. The molecule has 0 unspecified atom stereocenters. The number of hydrogen-bond acceptors (Lipinski definition) is 2. The first-order chi connectivity index (χ1) is 13.9. The van der Waals surface area contributed by atoms with Gasteiger partial charge in [-0.3, -0.25) is 4.79 Å². The summed E-state index contributed by atoms with van der Waals surface area (Å²) in [4.78, 5) is 16.3. The molecule has 4 saturated carbocycles. The van der Waals surface area contributed by atoms with E-state index in [0.29, 0.717) is 12.2 Å². The van der Waals surface area contributed by atoms with Gasteiger partial charge in [-0.25, -0.2) is 0 Å². The Labute approximate surface area is 176 Å². The maximum Gasteiger partial charge on any atom is 0.136 e. The van der Waals surface area contributed by atoms with Crippen molar-refractivity contribution in [1.29, 1.82) is 0 Å². The van der Waals surface area contributed by atoms with Gasteiger partial charge in [-0.1, -0.05) is 6.92 Å². The topological polar surface area (TPSA) is 53.1 Å². The Bertz CT molecular complexity index is 738. The molecule has 0 spiro atoms. The third-order valence-electron chi connectivity index (χ3n) is 9.95. The van der Waals surface area contributed by atoms with Crippen molar-refractivity contribution in [1.82, 2.24) is 4.98 Å². The van der Waals surface area contributed by atoms with E-state index in [9.17, 15) is 9.90 Å². The summed E-state index contributed by atoms with van der Waals surface area (Å²) in [5.74, 6) is 4.84. The number of hydrogen-bond donors (Lipinski definition) is 2. The molecule has 0 aliphatic heterocycles. The first-order valence-corrected chi connectivity index (χ1v) is 12.2. The number of nitrogens with one attached hydrogen (secondary N) is 1. The molecule has 4 aliphatic carbocycles. The summed E-state index contributed by atoms with van der Waals surface area (Å²) in [6, 6.07) is 2.09. The van der Waals surface area contributed by atoms with Crippen LogP contribution in [0.4, 0.5) is 0 Å². The number of rotatable bonds is 4. The zero-order valence-electron chi connectivity index (χ0n) is 18.3. The van der Waals surface area contributed by atoms with Crippen LogP contribution in [-0.2, 0) is 11.2 Å². The molecule has 2 N–H and O–H groups in total. The van der Waals surface area contributed by atoms with E-state index in [0.717, 1.165) is 55.3 Å². The van der Waals surface area contributed by atoms with Crippen molar-refractivity contribution in [3.8, 4) is 0 Å². The van der Waals surface area contributed by atoms with Crippen LogP contribution in [0.5, 0.6) is 0 Å². The van der Waals surface area contributed by atoms with Crippen molar-refractivity contribution in [2.24, 2.45) is 40.9 Å². The van der Waals surface area contributed by atoms with Crippen molar-refractivity contribution in [2.45, 2.75) is 90.1 Å². The van der Waals surface area contributed by atoms with Gasteiger partial charge in [-0.05, 0) is 118 Å². The summed E-state index contributed by atoms with van der Waals surface area (Å²) in [6.07, 6.45) is 16.4. The molecule has 1 heterocycles.